The number of hydrogen-bond donors (Lipinski definition) is 1. The lowest BCUT2D eigenvalue weighted by atomic mass is 9.86. The predicted octanol–water partition coefficient (Wildman–Crippen LogP) is 4.41. The maximum atomic E-state index is 6.39. The fourth-order valence-corrected chi connectivity index (χ4v) is 2.52. The van der Waals surface area contributed by atoms with Crippen molar-refractivity contribution in [2.24, 2.45) is 5.73 Å². The quantitative estimate of drug-likeness (QED) is 0.885. The summed E-state index contributed by atoms with van der Waals surface area (Å²) in [6.45, 7) is 1.99. The zero-order valence-corrected chi connectivity index (χ0v) is 11.7. The van der Waals surface area contributed by atoms with Crippen LogP contribution in [0.1, 0.15) is 18.1 Å². The molecule has 0 saturated heterocycles. The van der Waals surface area contributed by atoms with Crippen LogP contribution in [0.3, 0.4) is 0 Å². The van der Waals surface area contributed by atoms with Crippen molar-refractivity contribution < 1.29 is 0 Å². The van der Waals surface area contributed by atoms with Crippen molar-refractivity contribution in [1.29, 1.82) is 0 Å². The maximum Gasteiger partial charge on any atom is 0.0456 e. The summed E-state index contributed by atoms with van der Waals surface area (Å²) >= 11 is 12.1. The molecule has 2 N–H and O–H groups in total. The van der Waals surface area contributed by atoms with Crippen LogP contribution in [0.25, 0.3) is 0 Å². The van der Waals surface area contributed by atoms with Gasteiger partial charge >= 0.3 is 0 Å². The van der Waals surface area contributed by atoms with E-state index < -0.39 is 5.54 Å². The van der Waals surface area contributed by atoms with Gasteiger partial charge in [0.2, 0.25) is 0 Å². The standard InChI is InChI=1S/C15H15Cl2N/c1-15(18,13-4-2-3-5-14(13)17)10-11-6-8-12(16)9-7-11/h2-9H,10,18H2,1H3. The van der Waals surface area contributed by atoms with Gasteiger partial charge in [-0.05, 0) is 42.7 Å². The van der Waals surface area contributed by atoms with Crippen LogP contribution in [-0.2, 0) is 12.0 Å². The van der Waals surface area contributed by atoms with E-state index >= 15 is 0 Å². The van der Waals surface area contributed by atoms with Crippen LogP contribution in [0.5, 0.6) is 0 Å². The SMILES string of the molecule is CC(N)(Cc1ccc(Cl)cc1)c1ccccc1Cl. The number of nitrogens with two attached hydrogens (primary N) is 1. The van der Waals surface area contributed by atoms with E-state index in [2.05, 4.69) is 0 Å². The molecule has 0 heterocycles. The second-order valence-corrected chi connectivity index (χ2v) is 5.54. The monoisotopic (exact) mass is 279 g/mol. The smallest absolute Gasteiger partial charge is 0.0456 e. The summed E-state index contributed by atoms with van der Waals surface area (Å²) in [6.07, 6.45) is 0.716. The minimum atomic E-state index is -0.494. The minimum Gasteiger partial charge on any atom is -0.321 e. The molecule has 2 rings (SSSR count). The van der Waals surface area contributed by atoms with Crippen LogP contribution < -0.4 is 5.73 Å². The highest BCUT2D eigenvalue weighted by molar-refractivity contribution is 6.31. The molecule has 1 nitrogen and oxygen atoms in total. The highest BCUT2D eigenvalue weighted by Crippen LogP contribution is 2.29. The zero-order valence-electron chi connectivity index (χ0n) is 10.2. The summed E-state index contributed by atoms with van der Waals surface area (Å²) < 4.78 is 0. The summed E-state index contributed by atoms with van der Waals surface area (Å²) in [4.78, 5) is 0. The minimum absolute atomic E-state index is 0.494. The summed E-state index contributed by atoms with van der Waals surface area (Å²) in [6, 6.07) is 15.4. The van der Waals surface area contributed by atoms with Crippen molar-refractivity contribution in [3.63, 3.8) is 0 Å². The first-order valence-electron chi connectivity index (χ1n) is 5.77. The van der Waals surface area contributed by atoms with Gasteiger partial charge in [0.05, 0.1) is 0 Å². The average Bonchev–Trinajstić information content (AvgIpc) is 2.32. The molecule has 0 aliphatic rings. The zero-order chi connectivity index (χ0) is 13.2. The van der Waals surface area contributed by atoms with E-state index in [0.29, 0.717) is 11.4 Å². The van der Waals surface area contributed by atoms with Gasteiger partial charge in [-0.3, -0.25) is 0 Å². The Labute approximate surface area is 118 Å². The molecule has 3 heteroatoms. The summed E-state index contributed by atoms with van der Waals surface area (Å²) in [5.74, 6) is 0. The Hall–Kier alpha value is -1.02. The molecule has 0 radical (unpaired) electrons. The first kappa shape index (κ1) is 13.4. The molecule has 0 bridgehead atoms. The second-order valence-electron chi connectivity index (χ2n) is 4.70. The molecule has 0 saturated carbocycles. The largest absolute Gasteiger partial charge is 0.321 e. The van der Waals surface area contributed by atoms with E-state index in [-0.39, 0.29) is 0 Å². The molecule has 0 aliphatic carbocycles. The van der Waals surface area contributed by atoms with Crippen LogP contribution in [0.15, 0.2) is 48.5 Å². The molecule has 0 amide bonds. The van der Waals surface area contributed by atoms with Gasteiger partial charge in [0.1, 0.15) is 0 Å². The average molecular weight is 280 g/mol. The first-order chi connectivity index (χ1) is 8.49. The number of hydrogen-bond acceptors (Lipinski definition) is 1. The van der Waals surface area contributed by atoms with Crippen molar-refractivity contribution in [3.05, 3.63) is 69.7 Å². The second kappa shape index (κ2) is 5.31. The van der Waals surface area contributed by atoms with E-state index in [4.69, 9.17) is 28.9 Å². The van der Waals surface area contributed by atoms with E-state index in [9.17, 15) is 0 Å². The van der Waals surface area contributed by atoms with Crippen molar-refractivity contribution in [1.82, 2.24) is 0 Å². The van der Waals surface area contributed by atoms with Gasteiger partial charge in [0.15, 0.2) is 0 Å². The summed E-state index contributed by atoms with van der Waals surface area (Å²) in [5, 5.41) is 1.44. The van der Waals surface area contributed by atoms with Crippen molar-refractivity contribution in [3.8, 4) is 0 Å². The third-order valence-electron chi connectivity index (χ3n) is 2.97. The Morgan fingerprint density at radius 2 is 1.61 bits per heavy atom. The maximum absolute atomic E-state index is 6.39. The fraction of sp³-hybridized carbons (Fsp3) is 0.200. The Morgan fingerprint density at radius 1 is 1.00 bits per heavy atom. The molecule has 1 unspecified atom stereocenters. The lowest BCUT2D eigenvalue weighted by Gasteiger charge is -2.26. The Kier molecular flexibility index (Phi) is 3.96. The highest BCUT2D eigenvalue weighted by atomic mass is 35.5. The molecule has 0 aromatic heterocycles. The molecule has 0 spiro atoms. The lowest BCUT2D eigenvalue weighted by molar-refractivity contribution is 0.491. The van der Waals surface area contributed by atoms with E-state index in [0.717, 1.165) is 16.1 Å². The number of benzene rings is 2. The van der Waals surface area contributed by atoms with Gasteiger partial charge in [-0.15, -0.1) is 0 Å². The predicted molar refractivity (Wildman–Crippen MR) is 78.1 cm³/mol. The molecule has 2 aromatic carbocycles. The molecule has 18 heavy (non-hydrogen) atoms. The first-order valence-corrected chi connectivity index (χ1v) is 6.53. The van der Waals surface area contributed by atoms with Crippen molar-refractivity contribution in [2.75, 3.05) is 0 Å². The van der Waals surface area contributed by atoms with E-state index in [1.54, 1.807) is 0 Å². The molecule has 0 fully saturated rings. The molecule has 94 valence electrons. The van der Waals surface area contributed by atoms with Crippen molar-refractivity contribution in [2.45, 2.75) is 18.9 Å². The highest BCUT2D eigenvalue weighted by Gasteiger charge is 2.23. The van der Waals surface area contributed by atoms with Gasteiger partial charge in [-0.1, -0.05) is 53.5 Å². The third kappa shape index (κ3) is 3.05. The van der Waals surface area contributed by atoms with Crippen molar-refractivity contribution >= 4 is 23.2 Å². The van der Waals surface area contributed by atoms with E-state index in [1.165, 1.54) is 0 Å². The van der Waals surface area contributed by atoms with Gasteiger partial charge in [0.25, 0.3) is 0 Å². The van der Waals surface area contributed by atoms with Crippen LogP contribution >= 0.6 is 23.2 Å². The van der Waals surface area contributed by atoms with E-state index in [1.807, 2.05) is 55.5 Å². The number of rotatable bonds is 3. The molecule has 0 aliphatic heterocycles. The Balaban J connectivity index is 2.27. The topological polar surface area (TPSA) is 26.0 Å². The molecular formula is C15H15Cl2N. The fourth-order valence-electron chi connectivity index (χ4n) is 2.05. The summed E-state index contributed by atoms with van der Waals surface area (Å²) in [7, 11) is 0. The van der Waals surface area contributed by atoms with Crippen LogP contribution in [0.2, 0.25) is 10.0 Å². The molecular weight excluding hydrogens is 265 g/mol. The lowest BCUT2D eigenvalue weighted by Crippen LogP contribution is -2.35. The van der Waals surface area contributed by atoms with Gasteiger partial charge in [0, 0.05) is 15.6 Å². The Morgan fingerprint density at radius 3 is 2.22 bits per heavy atom. The van der Waals surface area contributed by atoms with Crippen LogP contribution in [0.4, 0.5) is 0 Å². The van der Waals surface area contributed by atoms with Gasteiger partial charge in [-0.25, -0.2) is 0 Å². The number of halogens is 2. The molecule has 1 atom stereocenters. The summed E-state index contributed by atoms with van der Waals surface area (Å²) in [5.41, 5.74) is 8.00. The van der Waals surface area contributed by atoms with Gasteiger partial charge < -0.3 is 5.73 Å². The normalized spacial score (nSPS) is 14.2. The van der Waals surface area contributed by atoms with Crippen LogP contribution in [0, 0.1) is 0 Å². The molecule has 2 aromatic rings. The Bertz CT molecular complexity index is 532. The third-order valence-corrected chi connectivity index (χ3v) is 3.56. The van der Waals surface area contributed by atoms with Crippen LogP contribution in [-0.4, -0.2) is 0 Å². The van der Waals surface area contributed by atoms with Gasteiger partial charge in [-0.2, -0.15) is 0 Å².